The number of halogens is 1. The summed E-state index contributed by atoms with van der Waals surface area (Å²) in [6.07, 6.45) is 0. The number of phenols is 1. The van der Waals surface area contributed by atoms with Crippen molar-refractivity contribution in [2.75, 3.05) is 0 Å². The third-order valence-corrected chi connectivity index (χ3v) is 2.24. The molecule has 1 rings (SSSR count). The predicted octanol–water partition coefficient (Wildman–Crippen LogP) is 1.33. The van der Waals surface area contributed by atoms with Gasteiger partial charge in [0, 0.05) is 5.92 Å². The molecule has 0 aliphatic rings. The van der Waals surface area contributed by atoms with Crippen molar-refractivity contribution in [2.45, 2.75) is 18.9 Å². The maximum atomic E-state index is 10.6. The molecule has 0 aliphatic carbocycles. The zero-order valence-electron chi connectivity index (χ0n) is 8.25. The monoisotopic (exact) mass is 231 g/mol. The van der Waals surface area contributed by atoms with Crippen LogP contribution in [0.5, 0.6) is 5.75 Å². The lowest BCUT2D eigenvalue weighted by Crippen LogP contribution is -2.35. The number of aliphatic carboxylic acids is 1. The molecule has 5 heteroatoms. The van der Waals surface area contributed by atoms with Crippen LogP contribution in [0.3, 0.4) is 0 Å². The molecule has 0 aliphatic heterocycles. The Labute approximate surface area is 94.1 Å². The first-order valence-electron chi connectivity index (χ1n) is 4.29. The molecular weight excluding hydrogens is 218 g/mol. The third-order valence-electron chi connectivity index (χ3n) is 2.24. The van der Waals surface area contributed by atoms with Gasteiger partial charge in [0.25, 0.3) is 0 Å². The number of hydrogen-bond donors (Lipinski definition) is 3. The summed E-state index contributed by atoms with van der Waals surface area (Å²) in [5.74, 6) is -1.14. The second-order valence-corrected chi connectivity index (χ2v) is 3.24. The lowest BCUT2D eigenvalue weighted by atomic mass is 9.94. The summed E-state index contributed by atoms with van der Waals surface area (Å²) in [5, 5.41) is 17.7. The Bertz CT molecular complexity index is 326. The number of hydrogen-bond acceptors (Lipinski definition) is 3. The van der Waals surface area contributed by atoms with Crippen LogP contribution in [0.1, 0.15) is 18.4 Å². The number of benzene rings is 1. The highest BCUT2D eigenvalue weighted by atomic mass is 35.5. The van der Waals surface area contributed by atoms with E-state index in [9.17, 15) is 4.79 Å². The molecule has 0 saturated carbocycles. The number of carboxylic acids is 1. The van der Waals surface area contributed by atoms with Crippen molar-refractivity contribution in [2.24, 2.45) is 5.73 Å². The molecule has 2 atom stereocenters. The Hall–Kier alpha value is -1.26. The smallest absolute Gasteiger partial charge is 0.321 e. The molecule has 84 valence electrons. The van der Waals surface area contributed by atoms with E-state index < -0.39 is 12.0 Å². The van der Waals surface area contributed by atoms with Crippen LogP contribution in [0.25, 0.3) is 0 Å². The van der Waals surface area contributed by atoms with E-state index in [1.165, 1.54) is 12.1 Å². The predicted molar refractivity (Wildman–Crippen MR) is 59.4 cm³/mol. The number of rotatable bonds is 3. The van der Waals surface area contributed by atoms with Gasteiger partial charge in [0.15, 0.2) is 0 Å². The highest BCUT2D eigenvalue weighted by molar-refractivity contribution is 5.85. The van der Waals surface area contributed by atoms with Gasteiger partial charge in [0.2, 0.25) is 0 Å². The molecular formula is C10H14ClNO3. The van der Waals surface area contributed by atoms with E-state index in [0.717, 1.165) is 5.56 Å². The van der Waals surface area contributed by atoms with Gasteiger partial charge in [-0.15, -0.1) is 12.4 Å². The number of aromatic hydroxyl groups is 1. The minimum atomic E-state index is -1.02. The first-order valence-corrected chi connectivity index (χ1v) is 4.29. The average Bonchev–Trinajstić information content (AvgIpc) is 2.16. The van der Waals surface area contributed by atoms with Crippen LogP contribution >= 0.6 is 12.4 Å². The van der Waals surface area contributed by atoms with Crippen molar-refractivity contribution in [1.29, 1.82) is 0 Å². The zero-order valence-corrected chi connectivity index (χ0v) is 9.07. The van der Waals surface area contributed by atoms with Gasteiger partial charge in [-0.25, -0.2) is 0 Å². The molecule has 0 spiro atoms. The Balaban J connectivity index is 0.00000196. The van der Waals surface area contributed by atoms with Crippen LogP contribution in [0.2, 0.25) is 0 Å². The molecule has 0 heterocycles. The molecule has 15 heavy (non-hydrogen) atoms. The Kier molecular flexibility index (Phi) is 5.11. The summed E-state index contributed by atoms with van der Waals surface area (Å²) in [4.78, 5) is 10.6. The topological polar surface area (TPSA) is 83.5 Å². The van der Waals surface area contributed by atoms with Gasteiger partial charge >= 0.3 is 5.97 Å². The Morgan fingerprint density at radius 1 is 1.33 bits per heavy atom. The van der Waals surface area contributed by atoms with E-state index >= 15 is 0 Å². The number of carbonyl (C=O) groups is 1. The maximum Gasteiger partial charge on any atom is 0.321 e. The quantitative estimate of drug-likeness (QED) is 0.733. The van der Waals surface area contributed by atoms with Crippen LogP contribution < -0.4 is 5.73 Å². The summed E-state index contributed by atoms with van der Waals surface area (Å²) in [6, 6.07) is 5.45. The van der Waals surface area contributed by atoms with Gasteiger partial charge in [-0.1, -0.05) is 19.1 Å². The van der Waals surface area contributed by atoms with E-state index in [-0.39, 0.29) is 24.1 Å². The zero-order chi connectivity index (χ0) is 10.7. The van der Waals surface area contributed by atoms with Crippen LogP contribution in [0.4, 0.5) is 0 Å². The lowest BCUT2D eigenvalue weighted by molar-refractivity contribution is -0.139. The van der Waals surface area contributed by atoms with Crippen molar-refractivity contribution >= 4 is 18.4 Å². The van der Waals surface area contributed by atoms with Gasteiger partial charge in [-0.3, -0.25) is 4.79 Å². The van der Waals surface area contributed by atoms with Gasteiger partial charge in [-0.2, -0.15) is 0 Å². The van der Waals surface area contributed by atoms with Gasteiger partial charge in [0.1, 0.15) is 11.8 Å². The fourth-order valence-electron chi connectivity index (χ4n) is 1.20. The molecule has 4 nitrogen and oxygen atoms in total. The first-order chi connectivity index (χ1) is 6.52. The van der Waals surface area contributed by atoms with Gasteiger partial charge < -0.3 is 15.9 Å². The highest BCUT2D eigenvalue weighted by Crippen LogP contribution is 2.20. The molecule has 0 fully saturated rings. The van der Waals surface area contributed by atoms with Crippen LogP contribution in [0, 0.1) is 0 Å². The fraction of sp³-hybridized carbons (Fsp3) is 0.300. The molecule has 0 aromatic heterocycles. The van der Waals surface area contributed by atoms with Gasteiger partial charge in [-0.05, 0) is 17.7 Å². The van der Waals surface area contributed by atoms with Crippen molar-refractivity contribution in [3.05, 3.63) is 29.8 Å². The number of nitrogens with two attached hydrogens (primary N) is 1. The summed E-state index contributed by atoms with van der Waals surface area (Å²) in [7, 11) is 0. The minimum absolute atomic E-state index is 0. The minimum Gasteiger partial charge on any atom is -0.508 e. The summed E-state index contributed by atoms with van der Waals surface area (Å²) in [5.41, 5.74) is 6.27. The number of phenolic OH excluding ortho intramolecular Hbond substituents is 1. The van der Waals surface area contributed by atoms with E-state index in [2.05, 4.69) is 0 Å². The molecule has 1 aromatic carbocycles. The fourth-order valence-corrected chi connectivity index (χ4v) is 1.20. The Morgan fingerprint density at radius 2 is 1.80 bits per heavy atom. The van der Waals surface area contributed by atoms with Crippen molar-refractivity contribution in [3.8, 4) is 5.75 Å². The molecule has 0 bridgehead atoms. The first kappa shape index (κ1) is 13.7. The van der Waals surface area contributed by atoms with Crippen molar-refractivity contribution < 1.29 is 15.0 Å². The molecule has 4 N–H and O–H groups in total. The summed E-state index contributed by atoms with van der Waals surface area (Å²) >= 11 is 0. The van der Waals surface area contributed by atoms with Crippen LogP contribution in [0.15, 0.2) is 24.3 Å². The van der Waals surface area contributed by atoms with E-state index in [1.807, 2.05) is 0 Å². The van der Waals surface area contributed by atoms with Crippen molar-refractivity contribution in [1.82, 2.24) is 0 Å². The van der Waals surface area contributed by atoms with E-state index in [1.54, 1.807) is 19.1 Å². The Morgan fingerprint density at radius 3 is 2.20 bits per heavy atom. The van der Waals surface area contributed by atoms with Crippen LogP contribution in [-0.2, 0) is 4.79 Å². The van der Waals surface area contributed by atoms with Crippen LogP contribution in [-0.4, -0.2) is 22.2 Å². The maximum absolute atomic E-state index is 10.6. The molecule has 0 amide bonds. The van der Waals surface area contributed by atoms with Gasteiger partial charge in [0.05, 0.1) is 0 Å². The van der Waals surface area contributed by atoms with E-state index in [4.69, 9.17) is 15.9 Å². The second kappa shape index (κ2) is 5.58. The normalized spacial score (nSPS) is 13.7. The third kappa shape index (κ3) is 3.42. The molecule has 0 radical (unpaired) electrons. The highest BCUT2D eigenvalue weighted by Gasteiger charge is 2.21. The molecule has 0 saturated heterocycles. The summed E-state index contributed by atoms with van der Waals surface area (Å²) in [6.45, 7) is 1.74. The summed E-state index contributed by atoms with van der Waals surface area (Å²) < 4.78 is 0. The average molecular weight is 232 g/mol. The standard InChI is InChI=1S/C10H13NO3.ClH/c1-6(9(11)10(13)14)7-2-4-8(12)5-3-7;/h2-6,9,12H,11H2,1H3,(H,13,14);1H/t6-,9+;/m1./s1. The number of carboxylic acid groups (broad SMARTS) is 1. The largest absolute Gasteiger partial charge is 0.508 e. The SMILES string of the molecule is C[C@H](c1ccc(O)cc1)[C@H](N)C(=O)O.Cl. The molecule has 1 aromatic rings. The lowest BCUT2D eigenvalue weighted by Gasteiger charge is -2.15. The molecule has 0 unspecified atom stereocenters. The second-order valence-electron chi connectivity index (χ2n) is 3.24. The van der Waals surface area contributed by atoms with E-state index in [0.29, 0.717) is 0 Å². The van der Waals surface area contributed by atoms with Crippen molar-refractivity contribution in [3.63, 3.8) is 0 Å².